The zero-order chi connectivity index (χ0) is 25.4. The number of unbranched alkanes of at least 4 members (excludes halogenated alkanes) is 18. The smallest absolute Gasteiger partial charge is 0.125 e. The zero-order valence-electron chi connectivity index (χ0n) is 24.1. The highest BCUT2D eigenvalue weighted by molar-refractivity contribution is 7.10. The van der Waals surface area contributed by atoms with E-state index in [0.29, 0.717) is 0 Å². The van der Waals surface area contributed by atoms with E-state index in [1.54, 1.807) is 11.1 Å². The van der Waals surface area contributed by atoms with Crippen molar-refractivity contribution in [2.45, 2.75) is 175 Å². The maximum atomic E-state index is 5.82. The first-order valence-corrected chi connectivity index (χ1v) is 16.3. The van der Waals surface area contributed by atoms with Gasteiger partial charge in [-0.2, -0.15) is 0 Å². The van der Waals surface area contributed by atoms with Crippen molar-refractivity contribution in [2.24, 2.45) is 0 Å². The standard InChI is InChI=1S/C33H61OP/c1-4-7-10-13-16-19-22-25-30-28-29-33(34-35)32(27-24-21-18-15-12-9-6-3)31(30)26-23-20-17-14-11-8-5-2/h28-29H,4-27,35H2,1-3H3. The SMILES string of the molecule is CCCCCCCCCc1ccc(OP)c(CCCCCCCCC)c1CCCCCCCCC. The van der Waals surface area contributed by atoms with Gasteiger partial charge in [-0.25, -0.2) is 0 Å². The minimum atomic E-state index is 1.11. The van der Waals surface area contributed by atoms with E-state index in [1.165, 1.54) is 160 Å². The van der Waals surface area contributed by atoms with Crippen LogP contribution in [0.1, 0.15) is 172 Å². The summed E-state index contributed by atoms with van der Waals surface area (Å²) in [5.41, 5.74) is 4.80. The number of aryl methyl sites for hydroxylation is 1. The van der Waals surface area contributed by atoms with Gasteiger partial charge in [-0.3, -0.25) is 0 Å². The maximum absolute atomic E-state index is 5.82. The molecule has 1 unspecified atom stereocenters. The lowest BCUT2D eigenvalue weighted by atomic mass is 9.89. The third-order valence-electron chi connectivity index (χ3n) is 7.72. The molecule has 1 atom stereocenters. The molecule has 0 heterocycles. The number of hydrogen-bond acceptors (Lipinski definition) is 1. The first kappa shape index (κ1) is 32.5. The summed E-state index contributed by atoms with van der Waals surface area (Å²) in [6.07, 6.45) is 32.7. The third-order valence-corrected chi connectivity index (χ3v) is 7.98. The lowest BCUT2D eigenvalue weighted by Crippen LogP contribution is -2.04. The highest BCUT2D eigenvalue weighted by Crippen LogP contribution is 2.32. The van der Waals surface area contributed by atoms with Crippen molar-refractivity contribution >= 4 is 9.47 Å². The second-order valence-corrected chi connectivity index (χ2v) is 11.1. The highest BCUT2D eigenvalue weighted by atomic mass is 31.0. The molecule has 0 bridgehead atoms. The Balaban J connectivity index is 2.70. The van der Waals surface area contributed by atoms with Gasteiger partial charge in [0.2, 0.25) is 0 Å². The van der Waals surface area contributed by atoms with E-state index in [-0.39, 0.29) is 0 Å². The molecule has 0 aliphatic heterocycles. The normalized spacial score (nSPS) is 11.3. The number of rotatable bonds is 25. The minimum Gasteiger partial charge on any atom is -0.480 e. The molecule has 0 spiro atoms. The van der Waals surface area contributed by atoms with Crippen LogP contribution in [-0.4, -0.2) is 0 Å². The summed E-state index contributed by atoms with van der Waals surface area (Å²) in [6.45, 7) is 6.91. The Hall–Kier alpha value is -0.550. The molecule has 1 aromatic carbocycles. The summed E-state index contributed by atoms with van der Waals surface area (Å²) in [7, 11) is 2.52. The second kappa shape index (κ2) is 23.8. The second-order valence-electron chi connectivity index (χ2n) is 10.9. The molecule has 0 aliphatic rings. The summed E-state index contributed by atoms with van der Waals surface area (Å²) >= 11 is 0. The summed E-state index contributed by atoms with van der Waals surface area (Å²) in [5, 5.41) is 0. The fraction of sp³-hybridized carbons (Fsp3) is 0.818. The van der Waals surface area contributed by atoms with Crippen molar-refractivity contribution in [3.63, 3.8) is 0 Å². The van der Waals surface area contributed by atoms with Crippen LogP contribution < -0.4 is 4.52 Å². The van der Waals surface area contributed by atoms with E-state index in [9.17, 15) is 0 Å². The Morgan fingerprint density at radius 3 is 1.26 bits per heavy atom. The Kier molecular flexibility index (Phi) is 22.1. The van der Waals surface area contributed by atoms with Crippen LogP contribution in [0.5, 0.6) is 5.75 Å². The topological polar surface area (TPSA) is 9.23 Å². The monoisotopic (exact) mass is 504 g/mol. The summed E-state index contributed by atoms with van der Waals surface area (Å²) in [6, 6.07) is 4.65. The third kappa shape index (κ3) is 16.0. The fourth-order valence-corrected chi connectivity index (χ4v) is 5.66. The fourth-order valence-electron chi connectivity index (χ4n) is 5.44. The Bertz CT molecular complexity index is 597. The molecule has 0 radical (unpaired) electrons. The minimum absolute atomic E-state index is 1.11. The van der Waals surface area contributed by atoms with Crippen LogP contribution in [0.4, 0.5) is 0 Å². The van der Waals surface area contributed by atoms with Crippen molar-refractivity contribution in [1.82, 2.24) is 0 Å². The van der Waals surface area contributed by atoms with Gasteiger partial charge >= 0.3 is 0 Å². The molecule has 0 fully saturated rings. The molecule has 1 nitrogen and oxygen atoms in total. The predicted molar refractivity (Wildman–Crippen MR) is 162 cm³/mol. The van der Waals surface area contributed by atoms with Crippen molar-refractivity contribution in [2.75, 3.05) is 0 Å². The first-order valence-electron chi connectivity index (χ1n) is 15.8. The summed E-state index contributed by atoms with van der Waals surface area (Å²) in [5.74, 6) is 1.11. The molecule has 0 saturated heterocycles. The van der Waals surface area contributed by atoms with Crippen molar-refractivity contribution in [1.29, 1.82) is 0 Å². The Morgan fingerprint density at radius 2 is 0.829 bits per heavy atom. The van der Waals surface area contributed by atoms with E-state index in [1.807, 2.05) is 0 Å². The van der Waals surface area contributed by atoms with Crippen LogP contribution >= 0.6 is 9.47 Å². The van der Waals surface area contributed by atoms with Crippen LogP contribution in [0.3, 0.4) is 0 Å². The van der Waals surface area contributed by atoms with Crippen molar-refractivity contribution in [3.8, 4) is 5.75 Å². The molecular weight excluding hydrogens is 443 g/mol. The molecule has 204 valence electrons. The van der Waals surface area contributed by atoms with Gasteiger partial charge in [0, 0.05) is 0 Å². The highest BCUT2D eigenvalue weighted by Gasteiger charge is 2.14. The van der Waals surface area contributed by atoms with E-state index >= 15 is 0 Å². The van der Waals surface area contributed by atoms with E-state index < -0.39 is 0 Å². The van der Waals surface area contributed by atoms with Gasteiger partial charge in [0.05, 0.1) is 9.47 Å². The average molecular weight is 505 g/mol. The van der Waals surface area contributed by atoms with Gasteiger partial charge in [-0.1, -0.05) is 142 Å². The van der Waals surface area contributed by atoms with Crippen LogP contribution in [0.2, 0.25) is 0 Å². The molecule has 0 aromatic heterocycles. The average Bonchev–Trinajstić information content (AvgIpc) is 2.87. The molecule has 2 heteroatoms. The van der Waals surface area contributed by atoms with E-state index in [0.717, 1.165) is 5.75 Å². The Morgan fingerprint density at radius 1 is 0.457 bits per heavy atom. The van der Waals surface area contributed by atoms with E-state index in [4.69, 9.17) is 4.52 Å². The molecule has 1 aromatic rings. The van der Waals surface area contributed by atoms with Crippen LogP contribution in [0.15, 0.2) is 12.1 Å². The van der Waals surface area contributed by atoms with Gasteiger partial charge < -0.3 is 4.52 Å². The molecule has 0 N–H and O–H groups in total. The molecule has 35 heavy (non-hydrogen) atoms. The van der Waals surface area contributed by atoms with Crippen molar-refractivity contribution in [3.05, 3.63) is 28.8 Å². The largest absolute Gasteiger partial charge is 0.480 e. The number of benzene rings is 1. The lowest BCUT2D eigenvalue weighted by molar-refractivity contribution is 0.570. The molecule has 1 rings (SSSR count). The quantitative estimate of drug-likeness (QED) is 0.0950. The van der Waals surface area contributed by atoms with Gasteiger partial charge in [0.25, 0.3) is 0 Å². The zero-order valence-corrected chi connectivity index (χ0v) is 25.3. The van der Waals surface area contributed by atoms with Gasteiger partial charge in [-0.05, 0) is 61.3 Å². The molecule has 0 saturated carbocycles. The summed E-state index contributed by atoms with van der Waals surface area (Å²) < 4.78 is 5.82. The molecular formula is C33H61OP. The maximum Gasteiger partial charge on any atom is 0.125 e. The van der Waals surface area contributed by atoms with Gasteiger partial charge in [0.15, 0.2) is 0 Å². The predicted octanol–water partition coefficient (Wildman–Crippen LogP) is 11.7. The van der Waals surface area contributed by atoms with E-state index in [2.05, 4.69) is 42.4 Å². The summed E-state index contributed by atoms with van der Waals surface area (Å²) in [4.78, 5) is 0. The van der Waals surface area contributed by atoms with Gasteiger partial charge in [0.1, 0.15) is 5.75 Å². The Labute approximate surface area is 223 Å². The molecule has 0 amide bonds. The number of hydrogen-bond donors (Lipinski definition) is 0. The van der Waals surface area contributed by atoms with Crippen LogP contribution in [0, 0.1) is 0 Å². The van der Waals surface area contributed by atoms with Gasteiger partial charge in [-0.15, -0.1) is 0 Å². The van der Waals surface area contributed by atoms with Crippen molar-refractivity contribution < 1.29 is 4.52 Å². The first-order chi connectivity index (χ1) is 17.3. The molecule has 0 aliphatic carbocycles. The van der Waals surface area contributed by atoms with Crippen LogP contribution in [0.25, 0.3) is 0 Å². The lowest BCUT2D eigenvalue weighted by Gasteiger charge is -2.19. The van der Waals surface area contributed by atoms with Crippen LogP contribution in [-0.2, 0) is 19.3 Å².